The molecule has 0 saturated heterocycles. The van der Waals surface area contributed by atoms with Gasteiger partial charge in [-0.05, 0) is 25.7 Å². The van der Waals surface area contributed by atoms with Crippen LogP contribution in [0.15, 0.2) is 30.3 Å². The van der Waals surface area contributed by atoms with E-state index < -0.39 is 5.92 Å². The Morgan fingerprint density at radius 2 is 2.06 bits per heavy atom. The van der Waals surface area contributed by atoms with E-state index in [9.17, 15) is 4.79 Å². The van der Waals surface area contributed by atoms with Crippen LogP contribution < -0.4 is 5.32 Å². The van der Waals surface area contributed by atoms with Crippen molar-refractivity contribution < 1.29 is 4.79 Å². The number of amides is 1. The fraction of sp³-hybridized carbons (Fsp3) is 0.429. The van der Waals surface area contributed by atoms with E-state index in [4.69, 9.17) is 5.26 Å². The Kier molecular flexibility index (Phi) is 5.24. The highest BCUT2D eigenvalue weighted by atomic mass is 32.2. The van der Waals surface area contributed by atoms with Crippen molar-refractivity contribution in [3.05, 3.63) is 35.9 Å². The van der Waals surface area contributed by atoms with Gasteiger partial charge in [0.05, 0.1) is 6.07 Å². The van der Waals surface area contributed by atoms with Gasteiger partial charge >= 0.3 is 0 Å². The van der Waals surface area contributed by atoms with Gasteiger partial charge in [0.1, 0.15) is 5.92 Å². The van der Waals surface area contributed by atoms with Crippen LogP contribution in [0.1, 0.15) is 25.3 Å². The first-order valence-electron chi connectivity index (χ1n) is 5.77. The molecule has 0 saturated carbocycles. The number of nitriles is 1. The highest BCUT2D eigenvalue weighted by Crippen LogP contribution is 2.20. The van der Waals surface area contributed by atoms with Gasteiger partial charge in [-0.1, -0.05) is 30.3 Å². The first-order chi connectivity index (χ1) is 8.50. The predicted molar refractivity (Wildman–Crippen MR) is 75.4 cm³/mol. The SMILES string of the molecule is CSC(C)(C)CNC(=O)C(C#N)c1ccccc1. The molecule has 0 bridgehead atoms. The van der Waals surface area contributed by atoms with Crippen molar-refractivity contribution in [2.24, 2.45) is 0 Å². The van der Waals surface area contributed by atoms with Crippen LogP contribution in [0.5, 0.6) is 0 Å². The Morgan fingerprint density at radius 3 is 2.56 bits per heavy atom. The molecule has 0 spiro atoms. The summed E-state index contributed by atoms with van der Waals surface area (Å²) >= 11 is 1.69. The highest BCUT2D eigenvalue weighted by Gasteiger charge is 2.23. The van der Waals surface area contributed by atoms with Crippen molar-refractivity contribution in [3.8, 4) is 6.07 Å². The molecule has 96 valence electrons. The van der Waals surface area contributed by atoms with Crippen LogP contribution in [0, 0.1) is 11.3 Å². The van der Waals surface area contributed by atoms with E-state index in [1.165, 1.54) is 0 Å². The molecule has 18 heavy (non-hydrogen) atoms. The van der Waals surface area contributed by atoms with Gasteiger partial charge in [0.2, 0.25) is 5.91 Å². The second-order valence-corrected chi connectivity index (χ2v) is 6.17. The summed E-state index contributed by atoms with van der Waals surface area (Å²) in [5.41, 5.74) is 0.736. The van der Waals surface area contributed by atoms with Gasteiger partial charge in [0.25, 0.3) is 0 Å². The summed E-state index contributed by atoms with van der Waals surface area (Å²) in [5, 5.41) is 12.0. The number of hydrogen-bond donors (Lipinski definition) is 1. The van der Waals surface area contributed by atoms with E-state index in [1.54, 1.807) is 23.9 Å². The second kappa shape index (κ2) is 6.46. The van der Waals surface area contributed by atoms with E-state index in [2.05, 4.69) is 25.2 Å². The van der Waals surface area contributed by atoms with Crippen LogP contribution in [0.2, 0.25) is 0 Å². The molecule has 1 amide bonds. The molecule has 1 aromatic carbocycles. The number of nitrogens with zero attached hydrogens (tertiary/aromatic N) is 1. The van der Waals surface area contributed by atoms with Crippen molar-refractivity contribution in [1.82, 2.24) is 5.32 Å². The maximum atomic E-state index is 12.0. The monoisotopic (exact) mass is 262 g/mol. The Balaban J connectivity index is 2.68. The lowest BCUT2D eigenvalue weighted by atomic mass is 10.00. The van der Waals surface area contributed by atoms with Gasteiger partial charge in [-0.2, -0.15) is 17.0 Å². The Labute approximate surface area is 113 Å². The summed E-state index contributed by atoms with van der Waals surface area (Å²) in [7, 11) is 0. The minimum Gasteiger partial charge on any atom is -0.353 e. The van der Waals surface area contributed by atoms with Crippen LogP contribution >= 0.6 is 11.8 Å². The van der Waals surface area contributed by atoms with Gasteiger partial charge in [-0.25, -0.2) is 0 Å². The quantitative estimate of drug-likeness (QED) is 0.887. The largest absolute Gasteiger partial charge is 0.353 e. The summed E-state index contributed by atoms with van der Waals surface area (Å²) in [6.07, 6.45) is 2.01. The van der Waals surface area contributed by atoms with Crippen molar-refractivity contribution in [3.63, 3.8) is 0 Å². The van der Waals surface area contributed by atoms with Gasteiger partial charge in [-0.15, -0.1) is 0 Å². The summed E-state index contributed by atoms with van der Waals surface area (Å²) < 4.78 is -0.0215. The fourth-order valence-electron chi connectivity index (χ4n) is 1.40. The molecule has 0 aliphatic carbocycles. The van der Waals surface area contributed by atoms with Crippen LogP contribution in [0.25, 0.3) is 0 Å². The maximum absolute atomic E-state index is 12.0. The van der Waals surface area contributed by atoms with Crippen molar-refractivity contribution in [2.45, 2.75) is 24.5 Å². The molecule has 0 aromatic heterocycles. The Hall–Kier alpha value is -1.47. The van der Waals surface area contributed by atoms with Crippen molar-refractivity contribution in [1.29, 1.82) is 5.26 Å². The van der Waals surface area contributed by atoms with Gasteiger partial charge in [0.15, 0.2) is 0 Å². The number of thioether (sulfide) groups is 1. The molecule has 1 aromatic rings. The third-order valence-electron chi connectivity index (χ3n) is 2.77. The lowest BCUT2D eigenvalue weighted by Crippen LogP contribution is -2.38. The lowest BCUT2D eigenvalue weighted by Gasteiger charge is -2.23. The fourth-order valence-corrected chi connectivity index (χ4v) is 1.62. The van der Waals surface area contributed by atoms with E-state index in [-0.39, 0.29) is 10.7 Å². The number of rotatable bonds is 5. The van der Waals surface area contributed by atoms with E-state index in [1.807, 2.05) is 24.5 Å². The highest BCUT2D eigenvalue weighted by molar-refractivity contribution is 7.99. The van der Waals surface area contributed by atoms with Gasteiger partial charge in [-0.3, -0.25) is 4.79 Å². The molecule has 0 aliphatic rings. The molecule has 0 radical (unpaired) electrons. The van der Waals surface area contributed by atoms with Gasteiger partial charge in [0, 0.05) is 11.3 Å². The molecule has 1 atom stereocenters. The number of nitrogens with one attached hydrogen (secondary N) is 1. The van der Waals surface area contributed by atoms with E-state index >= 15 is 0 Å². The number of benzene rings is 1. The summed E-state index contributed by atoms with van der Waals surface area (Å²) in [6.45, 7) is 4.67. The standard InChI is InChI=1S/C14H18N2OS/c1-14(2,18-3)10-16-13(17)12(9-15)11-7-5-4-6-8-11/h4-8,12H,10H2,1-3H3,(H,16,17). The molecule has 4 heteroatoms. The third kappa shape index (κ3) is 4.08. The minimum atomic E-state index is -0.733. The van der Waals surface area contributed by atoms with Crippen LogP contribution in [-0.2, 0) is 4.79 Å². The Morgan fingerprint density at radius 1 is 1.44 bits per heavy atom. The zero-order chi connectivity index (χ0) is 13.6. The van der Waals surface area contributed by atoms with Crippen molar-refractivity contribution >= 4 is 17.7 Å². The average Bonchev–Trinajstić information content (AvgIpc) is 2.39. The molecule has 0 heterocycles. The Bertz CT molecular complexity index is 437. The zero-order valence-corrected chi connectivity index (χ0v) is 11.8. The summed E-state index contributed by atoms with van der Waals surface area (Å²) in [4.78, 5) is 12.0. The minimum absolute atomic E-state index is 0.0215. The molecule has 0 fully saturated rings. The number of hydrogen-bond acceptors (Lipinski definition) is 3. The van der Waals surface area contributed by atoms with Gasteiger partial charge < -0.3 is 5.32 Å². The van der Waals surface area contributed by atoms with Crippen LogP contribution in [-0.4, -0.2) is 23.5 Å². The van der Waals surface area contributed by atoms with Crippen LogP contribution in [0.4, 0.5) is 0 Å². The first kappa shape index (κ1) is 14.6. The summed E-state index contributed by atoms with van der Waals surface area (Å²) in [5.74, 6) is -0.963. The third-order valence-corrected chi connectivity index (χ3v) is 4.01. The predicted octanol–water partition coefficient (Wildman–Crippen LogP) is 2.55. The lowest BCUT2D eigenvalue weighted by molar-refractivity contribution is -0.121. The smallest absolute Gasteiger partial charge is 0.241 e. The molecule has 3 nitrogen and oxygen atoms in total. The molecule has 1 rings (SSSR count). The second-order valence-electron chi connectivity index (χ2n) is 4.65. The molecule has 1 unspecified atom stereocenters. The van der Waals surface area contributed by atoms with Crippen molar-refractivity contribution in [2.75, 3.05) is 12.8 Å². The number of carbonyl (C=O) groups is 1. The van der Waals surface area contributed by atoms with Crippen LogP contribution in [0.3, 0.4) is 0 Å². The zero-order valence-electron chi connectivity index (χ0n) is 10.9. The average molecular weight is 262 g/mol. The molecule has 1 N–H and O–H groups in total. The van der Waals surface area contributed by atoms with E-state index in [0.717, 1.165) is 5.56 Å². The summed E-state index contributed by atoms with van der Waals surface area (Å²) in [6, 6.07) is 11.2. The molecular formula is C14H18N2OS. The number of carbonyl (C=O) groups excluding carboxylic acids is 1. The maximum Gasteiger partial charge on any atom is 0.241 e. The molecular weight excluding hydrogens is 244 g/mol. The normalized spacial score (nSPS) is 12.6. The van der Waals surface area contributed by atoms with E-state index in [0.29, 0.717) is 6.54 Å². The topological polar surface area (TPSA) is 52.9 Å². The first-order valence-corrected chi connectivity index (χ1v) is 7.00. The molecule has 0 aliphatic heterocycles.